The van der Waals surface area contributed by atoms with Crippen LogP contribution in [0.4, 0.5) is 0 Å². The van der Waals surface area contributed by atoms with Crippen LogP contribution >= 0.6 is 0 Å². The zero-order chi connectivity index (χ0) is 21.6. The van der Waals surface area contributed by atoms with E-state index in [-0.39, 0.29) is 12.4 Å². The summed E-state index contributed by atoms with van der Waals surface area (Å²) in [5.74, 6) is 0.555. The molecule has 0 aliphatic rings. The van der Waals surface area contributed by atoms with Crippen LogP contribution in [0.15, 0.2) is 72.9 Å². The number of amides is 1. The highest BCUT2D eigenvalue weighted by Gasteiger charge is 2.17. The monoisotopic (exact) mass is 411 g/mol. The summed E-state index contributed by atoms with van der Waals surface area (Å²) in [5, 5.41) is 23.2. The number of para-hydroxylation sites is 1. The zero-order valence-electron chi connectivity index (χ0n) is 17.2. The average Bonchev–Trinajstić information content (AvgIpc) is 3.22. The van der Waals surface area contributed by atoms with Gasteiger partial charge in [0.15, 0.2) is 0 Å². The highest BCUT2D eigenvalue weighted by molar-refractivity contribution is 6.00. The van der Waals surface area contributed by atoms with Crippen LogP contribution in [-0.2, 0) is 17.8 Å². The number of aromatic amines is 1. The van der Waals surface area contributed by atoms with Gasteiger partial charge in [0, 0.05) is 23.5 Å². The molecule has 1 heterocycles. The number of carbonyl (C=O) groups is 1. The van der Waals surface area contributed by atoms with Gasteiger partial charge in [0.1, 0.15) is 11.7 Å². The molecule has 0 saturated heterocycles. The van der Waals surface area contributed by atoms with E-state index in [4.69, 9.17) is 10.8 Å². The number of H-pyrrole nitrogens is 1. The highest BCUT2D eigenvalue weighted by Crippen LogP contribution is 2.22. The fourth-order valence-corrected chi connectivity index (χ4v) is 3.91. The van der Waals surface area contributed by atoms with Crippen molar-refractivity contribution >= 4 is 39.8 Å². The molecule has 0 bridgehead atoms. The van der Waals surface area contributed by atoms with Gasteiger partial charge in [-0.3, -0.25) is 15.6 Å². The molecule has 4 rings (SSSR count). The maximum absolute atomic E-state index is 10.8. The molecule has 0 unspecified atom stereocenters. The minimum Gasteiger partial charge on any atom is -0.361 e. The second-order valence-corrected chi connectivity index (χ2v) is 7.48. The molecular weight excluding hydrogens is 386 g/mol. The van der Waals surface area contributed by atoms with Gasteiger partial charge in [-0.05, 0) is 34.4 Å². The van der Waals surface area contributed by atoms with Gasteiger partial charge >= 0.3 is 0 Å². The smallest absolute Gasteiger partial charge is 0.207 e. The van der Waals surface area contributed by atoms with Gasteiger partial charge in [0.05, 0.1) is 13.1 Å². The molecule has 0 aliphatic carbocycles. The predicted molar refractivity (Wildman–Crippen MR) is 126 cm³/mol. The lowest BCUT2D eigenvalue weighted by Gasteiger charge is -2.26. The summed E-state index contributed by atoms with van der Waals surface area (Å²) in [5.41, 5.74) is 3.29. The molecule has 4 N–H and O–H groups in total. The van der Waals surface area contributed by atoms with E-state index in [0.29, 0.717) is 31.6 Å². The van der Waals surface area contributed by atoms with E-state index >= 15 is 0 Å². The van der Waals surface area contributed by atoms with Crippen molar-refractivity contribution in [2.75, 3.05) is 6.54 Å². The summed E-state index contributed by atoms with van der Waals surface area (Å²) in [7, 11) is 0. The summed E-state index contributed by atoms with van der Waals surface area (Å²) in [6.45, 7) is 0.497. The van der Waals surface area contributed by atoms with Crippen LogP contribution in [-0.4, -0.2) is 34.5 Å². The third-order valence-electron chi connectivity index (χ3n) is 5.52. The van der Waals surface area contributed by atoms with Gasteiger partial charge in [-0.15, -0.1) is 0 Å². The predicted octanol–water partition coefficient (Wildman–Crippen LogP) is 4.46. The summed E-state index contributed by atoms with van der Waals surface area (Å²) >= 11 is 0. The number of carbonyl (C=O) groups excluding carboxylic acids is 1. The molecule has 6 heteroatoms. The van der Waals surface area contributed by atoms with Gasteiger partial charge < -0.3 is 15.2 Å². The molecule has 1 aromatic heterocycles. The Hall–Kier alpha value is -3.93. The first-order valence-corrected chi connectivity index (χ1v) is 10.3. The number of aromatic nitrogens is 1. The summed E-state index contributed by atoms with van der Waals surface area (Å²) < 4.78 is 0. The standard InChI is InChI=1S/C25H25N5O/c26-24(13-12-19-14-29-23-11-4-3-10-22(19)23)30(25(27)15-28-17-31)16-20-8-5-7-18-6-1-2-9-21(18)20/h1-11,14,17,26-27,29H,12-13,15-16H2,(H,28,31). The van der Waals surface area contributed by atoms with E-state index in [2.05, 4.69) is 34.6 Å². The quantitative estimate of drug-likeness (QED) is 0.196. The first-order valence-electron chi connectivity index (χ1n) is 10.3. The normalized spacial score (nSPS) is 10.8. The van der Waals surface area contributed by atoms with E-state index in [9.17, 15) is 4.79 Å². The number of hydrogen-bond acceptors (Lipinski definition) is 3. The molecular formula is C25H25N5O. The lowest BCUT2D eigenvalue weighted by molar-refractivity contribution is -0.109. The Morgan fingerprint density at radius 2 is 1.65 bits per heavy atom. The number of hydrogen-bond donors (Lipinski definition) is 4. The number of nitrogens with one attached hydrogen (secondary N) is 4. The molecule has 0 aliphatic heterocycles. The number of nitrogens with zero attached hydrogens (tertiary/aromatic N) is 1. The van der Waals surface area contributed by atoms with Crippen LogP contribution < -0.4 is 5.32 Å². The van der Waals surface area contributed by atoms with Gasteiger partial charge in [-0.1, -0.05) is 60.7 Å². The second kappa shape index (κ2) is 9.26. The Morgan fingerprint density at radius 1 is 0.903 bits per heavy atom. The van der Waals surface area contributed by atoms with Crippen molar-refractivity contribution in [1.29, 1.82) is 10.8 Å². The van der Waals surface area contributed by atoms with Crippen molar-refractivity contribution in [3.63, 3.8) is 0 Å². The number of benzene rings is 3. The minimum atomic E-state index is 0.0870. The largest absolute Gasteiger partial charge is 0.361 e. The Bertz CT molecular complexity index is 1240. The molecule has 3 aromatic carbocycles. The molecule has 31 heavy (non-hydrogen) atoms. The van der Waals surface area contributed by atoms with E-state index in [0.717, 1.165) is 32.8 Å². The Morgan fingerprint density at radius 3 is 2.48 bits per heavy atom. The first kappa shape index (κ1) is 20.3. The average molecular weight is 412 g/mol. The lowest BCUT2D eigenvalue weighted by Crippen LogP contribution is -2.41. The molecule has 6 nitrogen and oxygen atoms in total. The Balaban J connectivity index is 1.55. The molecule has 4 aromatic rings. The van der Waals surface area contributed by atoms with Crippen molar-refractivity contribution in [2.45, 2.75) is 19.4 Å². The Kier molecular flexibility index (Phi) is 6.08. The first-order chi connectivity index (χ1) is 15.2. The lowest BCUT2D eigenvalue weighted by atomic mass is 10.0. The van der Waals surface area contributed by atoms with Crippen LogP contribution in [0.1, 0.15) is 17.5 Å². The maximum atomic E-state index is 10.8. The van der Waals surface area contributed by atoms with Crippen LogP contribution in [0.25, 0.3) is 21.7 Å². The van der Waals surface area contributed by atoms with Crippen LogP contribution in [0.5, 0.6) is 0 Å². The van der Waals surface area contributed by atoms with Crippen molar-refractivity contribution in [2.24, 2.45) is 0 Å². The van der Waals surface area contributed by atoms with Crippen LogP contribution in [0.3, 0.4) is 0 Å². The number of rotatable bonds is 8. The topological polar surface area (TPSA) is 95.8 Å². The third-order valence-corrected chi connectivity index (χ3v) is 5.52. The van der Waals surface area contributed by atoms with E-state index in [1.807, 2.05) is 48.7 Å². The van der Waals surface area contributed by atoms with E-state index in [1.54, 1.807) is 4.90 Å². The molecule has 0 fully saturated rings. The molecule has 0 spiro atoms. The van der Waals surface area contributed by atoms with Crippen LogP contribution in [0, 0.1) is 10.8 Å². The molecule has 0 radical (unpaired) electrons. The fraction of sp³-hybridized carbons (Fsp3) is 0.160. The van der Waals surface area contributed by atoms with Crippen molar-refractivity contribution in [1.82, 2.24) is 15.2 Å². The van der Waals surface area contributed by atoms with Gasteiger partial charge in [-0.2, -0.15) is 0 Å². The fourth-order valence-electron chi connectivity index (χ4n) is 3.91. The van der Waals surface area contributed by atoms with Crippen molar-refractivity contribution < 1.29 is 4.79 Å². The molecule has 156 valence electrons. The number of amidine groups is 2. The zero-order valence-corrected chi connectivity index (χ0v) is 17.2. The Labute approximate surface area is 180 Å². The van der Waals surface area contributed by atoms with Gasteiger partial charge in [0.2, 0.25) is 6.41 Å². The van der Waals surface area contributed by atoms with Crippen LogP contribution in [0.2, 0.25) is 0 Å². The summed E-state index contributed by atoms with van der Waals surface area (Å²) in [6, 6.07) is 22.3. The maximum Gasteiger partial charge on any atom is 0.207 e. The molecule has 0 atom stereocenters. The molecule has 0 saturated carbocycles. The third kappa shape index (κ3) is 4.48. The summed E-state index contributed by atoms with van der Waals surface area (Å²) in [6.07, 6.45) is 3.77. The SMILES string of the molecule is N=C(CCc1c[nH]c2ccccc12)N(Cc1cccc2ccccc12)C(=N)CNC=O. The molecule has 1 amide bonds. The van der Waals surface area contributed by atoms with E-state index in [1.165, 1.54) is 0 Å². The number of aryl methyl sites for hydroxylation is 1. The van der Waals surface area contributed by atoms with Gasteiger partial charge in [-0.25, -0.2) is 0 Å². The van der Waals surface area contributed by atoms with Gasteiger partial charge in [0.25, 0.3) is 0 Å². The summed E-state index contributed by atoms with van der Waals surface area (Å²) in [4.78, 5) is 15.7. The second-order valence-electron chi connectivity index (χ2n) is 7.48. The number of fused-ring (bicyclic) bond motifs is 2. The van der Waals surface area contributed by atoms with E-state index < -0.39 is 0 Å². The minimum absolute atomic E-state index is 0.0870. The van der Waals surface area contributed by atoms with Crippen molar-refractivity contribution in [3.05, 3.63) is 84.1 Å². The van der Waals surface area contributed by atoms with Crippen molar-refractivity contribution in [3.8, 4) is 0 Å². The highest BCUT2D eigenvalue weighted by atomic mass is 16.1.